The Morgan fingerprint density at radius 3 is 2.50 bits per heavy atom. The Balaban J connectivity index is 2.09. The van der Waals surface area contributed by atoms with E-state index < -0.39 is 0 Å². The minimum Gasteiger partial charge on any atom is -0.303 e. The summed E-state index contributed by atoms with van der Waals surface area (Å²) in [7, 11) is 2.28. The average Bonchev–Trinajstić information content (AvgIpc) is 1.91. The van der Waals surface area contributed by atoms with Gasteiger partial charge in [0.05, 0.1) is 0 Å². The van der Waals surface area contributed by atoms with Gasteiger partial charge < -0.3 is 4.90 Å². The van der Waals surface area contributed by atoms with Crippen molar-refractivity contribution in [3.8, 4) is 0 Å². The highest BCUT2D eigenvalue weighted by atomic mass is 127. The first-order valence-corrected chi connectivity index (χ1v) is 5.36. The van der Waals surface area contributed by atoms with Gasteiger partial charge in [0, 0.05) is 16.5 Å². The number of alkyl halides is 1. The van der Waals surface area contributed by atoms with Gasteiger partial charge in [-0.1, -0.05) is 22.6 Å². The molecular weight excluding hydrogens is 237 g/mol. The molecule has 2 aliphatic heterocycles. The average molecular weight is 251 g/mol. The van der Waals surface area contributed by atoms with E-state index in [1.807, 2.05) is 0 Å². The van der Waals surface area contributed by atoms with E-state index in [0.717, 1.165) is 15.9 Å². The lowest BCUT2D eigenvalue weighted by molar-refractivity contribution is 0.0825. The fourth-order valence-corrected chi connectivity index (χ4v) is 3.46. The molecule has 2 heteroatoms. The molecule has 1 aliphatic carbocycles. The highest BCUT2D eigenvalue weighted by Crippen LogP contribution is 2.38. The lowest BCUT2D eigenvalue weighted by Gasteiger charge is -2.46. The van der Waals surface area contributed by atoms with E-state index >= 15 is 0 Å². The maximum Gasteiger partial charge on any atom is 0.0165 e. The molecule has 1 nitrogen and oxygen atoms in total. The summed E-state index contributed by atoms with van der Waals surface area (Å²) < 4.78 is 0.979. The SMILES string of the molecule is CN1CC2CCC1CC2I. The molecule has 3 unspecified atom stereocenters. The third kappa shape index (κ3) is 1.09. The van der Waals surface area contributed by atoms with Crippen LogP contribution in [0.1, 0.15) is 19.3 Å². The standard InChI is InChI=1S/C8H14IN/c1-10-5-6-2-3-7(10)4-8(6)9/h6-8H,2-5H2,1H3. The summed E-state index contributed by atoms with van der Waals surface area (Å²) >= 11 is 2.63. The lowest BCUT2D eigenvalue weighted by atomic mass is 9.80. The zero-order valence-corrected chi connectivity index (χ0v) is 8.54. The van der Waals surface area contributed by atoms with Crippen LogP contribution in [-0.4, -0.2) is 28.5 Å². The van der Waals surface area contributed by atoms with Crippen molar-refractivity contribution in [2.75, 3.05) is 13.6 Å². The van der Waals surface area contributed by atoms with Gasteiger partial charge in [0.15, 0.2) is 0 Å². The maximum atomic E-state index is 2.63. The third-order valence-corrected chi connectivity index (χ3v) is 4.55. The van der Waals surface area contributed by atoms with E-state index in [1.54, 1.807) is 0 Å². The summed E-state index contributed by atoms with van der Waals surface area (Å²) in [4.78, 5) is 2.54. The molecule has 2 bridgehead atoms. The minimum atomic E-state index is 0.923. The van der Waals surface area contributed by atoms with Crippen LogP contribution < -0.4 is 0 Å². The first-order valence-electron chi connectivity index (χ1n) is 4.11. The van der Waals surface area contributed by atoms with Crippen LogP contribution in [0.15, 0.2) is 0 Å². The quantitative estimate of drug-likeness (QED) is 0.469. The zero-order valence-electron chi connectivity index (χ0n) is 6.39. The van der Waals surface area contributed by atoms with Crippen LogP contribution in [0.5, 0.6) is 0 Å². The van der Waals surface area contributed by atoms with Gasteiger partial charge in [0.25, 0.3) is 0 Å². The van der Waals surface area contributed by atoms with Gasteiger partial charge in [-0.05, 0) is 32.2 Å². The molecule has 3 fully saturated rings. The summed E-state index contributed by atoms with van der Waals surface area (Å²) in [5, 5.41) is 0. The van der Waals surface area contributed by atoms with E-state index in [0.29, 0.717) is 0 Å². The normalized spacial score (nSPS) is 48.0. The molecule has 0 aromatic heterocycles. The van der Waals surface area contributed by atoms with Gasteiger partial charge in [0.2, 0.25) is 0 Å². The number of piperidine rings is 2. The fourth-order valence-electron chi connectivity index (χ4n) is 2.28. The molecule has 58 valence electrons. The van der Waals surface area contributed by atoms with Crippen molar-refractivity contribution < 1.29 is 0 Å². The van der Waals surface area contributed by atoms with Crippen molar-refractivity contribution in [2.24, 2.45) is 5.92 Å². The van der Waals surface area contributed by atoms with Crippen LogP contribution >= 0.6 is 22.6 Å². The minimum absolute atomic E-state index is 0.923. The van der Waals surface area contributed by atoms with Crippen molar-refractivity contribution in [3.63, 3.8) is 0 Å². The van der Waals surface area contributed by atoms with Crippen LogP contribution in [0, 0.1) is 5.92 Å². The molecule has 1 saturated carbocycles. The smallest absolute Gasteiger partial charge is 0.0165 e. The Labute approximate surface area is 76.3 Å². The molecule has 10 heavy (non-hydrogen) atoms. The third-order valence-electron chi connectivity index (χ3n) is 3.03. The van der Waals surface area contributed by atoms with Gasteiger partial charge >= 0.3 is 0 Å². The van der Waals surface area contributed by atoms with E-state index in [2.05, 4.69) is 34.5 Å². The zero-order chi connectivity index (χ0) is 7.14. The van der Waals surface area contributed by atoms with E-state index in [4.69, 9.17) is 0 Å². The summed E-state index contributed by atoms with van der Waals surface area (Å²) in [6.07, 6.45) is 4.39. The van der Waals surface area contributed by atoms with E-state index in [9.17, 15) is 0 Å². The van der Waals surface area contributed by atoms with Crippen molar-refractivity contribution in [1.82, 2.24) is 4.90 Å². The van der Waals surface area contributed by atoms with Crippen molar-refractivity contribution in [3.05, 3.63) is 0 Å². The monoisotopic (exact) mass is 251 g/mol. The number of halogens is 1. The molecule has 0 N–H and O–H groups in total. The van der Waals surface area contributed by atoms with E-state index in [1.165, 1.54) is 25.8 Å². The second kappa shape index (κ2) is 2.63. The van der Waals surface area contributed by atoms with Gasteiger partial charge in [0.1, 0.15) is 0 Å². The number of fused-ring (bicyclic) bond motifs is 3. The molecule has 0 radical (unpaired) electrons. The first kappa shape index (κ1) is 7.35. The lowest BCUT2D eigenvalue weighted by Crippen LogP contribution is -2.50. The van der Waals surface area contributed by atoms with Crippen molar-refractivity contribution >= 4 is 22.6 Å². The number of hydrogen-bond acceptors (Lipinski definition) is 1. The molecule has 2 heterocycles. The molecular formula is C8H14IN. The van der Waals surface area contributed by atoms with E-state index in [-0.39, 0.29) is 0 Å². The number of hydrogen-bond donors (Lipinski definition) is 0. The molecule has 0 aromatic rings. The highest BCUT2D eigenvalue weighted by molar-refractivity contribution is 14.1. The second-order valence-electron chi connectivity index (χ2n) is 3.68. The maximum absolute atomic E-state index is 2.63. The molecule has 0 spiro atoms. The van der Waals surface area contributed by atoms with Crippen molar-refractivity contribution in [2.45, 2.75) is 29.2 Å². The van der Waals surface area contributed by atoms with Gasteiger partial charge in [-0.2, -0.15) is 0 Å². The van der Waals surface area contributed by atoms with Crippen LogP contribution in [0.25, 0.3) is 0 Å². The molecule has 0 aromatic carbocycles. The Kier molecular flexibility index (Phi) is 1.93. The molecule has 2 saturated heterocycles. The Morgan fingerprint density at radius 2 is 2.20 bits per heavy atom. The summed E-state index contributed by atoms with van der Waals surface area (Å²) in [5.74, 6) is 1.01. The topological polar surface area (TPSA) is 3.24 Å². The predicted molar refractivity (Wildman–Crippen MR) is 51.6 cm³/mol. The van der Waals surface area contributed by atoms with Gasteiger partial charge in [-0.15, -0.1) is 0 Å². The summed E-state index contributed by atoms with van der Waals surface area (Å²) in [5.41, 5.74) is 0. The molecule has 3 rings (SSSR count). The summed E-state index contributed by atoms with van der Waals surface area (Å²) in [6.45, 7) is 1.36. The Hall–Kier alpha value is 0.690. The fraction of sp³-hybridized carbons (Fsp3) is 1.00. The Bertz CT molecular complexity index is 121. The second-order valence-corrected chi connectivity index (χ2v) is 5.28. The van der Waals surface area contributed by atoms with Crippen LogP contribution in [0.4, 0.5) is 0 Å². The highest BCUT2D eigenvalue weighted by Gasteiger charge is 2.36. The molecule has 0 amide bonds. The van der Waals surface area contributed by atoms with Crippen LogP contribution in [0.2, 0.25) is 0 Å². The molecule has 3 aliphatic rings. The largest absolute Gasteiger partial charge is 0.303 e. The van der Waals surface area contributed by atoms with Crippen LogP contribution in [-0.2, 0) is 0 Å². The summed E-state index contributed by atoms with van der Waals surface area (Å²) in [6, 6.07) is 0.923. The number of nitrogens with zero attached hydrogens (tertiary/aromatic N) is 1. The predicted octanol–water partition coefficient (Wildman–Crippen LogP) is 1.90. The Morgan fingerprint density at radius 1 is 1.40 bits per heavy atom. The molecule has 3 atom stereocenters. The first-order chi connectivity index (χ1) is 4.77. The van der Waals surface area contributed by atoms with Gasteiger partial charge in [-0.25, -0.2) is 0 Å². The number of rotatable bonds is 0. The van der Waals surface area contributed by atoms with Crippen molar-refractivity contribution in [1.29, 1.82) is 0 Å². The van der Waals surface area contributed by atoms with Gasteiger partial charge in [-0.3, -0.25) is 0 Å². The van der Waals surface area contributed by atoms with Crippen LogP contribution in [0.3, 0.4) is 0 Å².